The first kappa shape index (κ1) is 30.6. The molecule has 43 heavy (non-hydrogen) atoms. The molecule has 0 aromatic heterocycles. The third-order valence-electron chi connectivity index (χ3n) is 7.38. The average molecular weight is 582 g/mol. The standard InChI is InChI=1S/C36H39NO6/c38-27-37-21-32-34(40-23-29-15-7-2-8-16-29)36(42-25-31-19-11-4-12-20-31)35(41-24-30-17-9-3-10-18-30)33(43-32)26-39-22-28-13-5-1-6-14-28/h1-20,27,32-36H,21-26H2,(H,37,38)/t32-,33+,34-,35+,36+/m0/s1. The van der Waals surface area contributed by atoms with E-state index < -0.39 is 30.5 Å². The fourth-order valence-corrected chi connectivity index (χ4v) is 5.21. The molecule has 0 aliphatic carbocycles. The molecule has 0 saturated carbocycles. The fourth-order valence-electron chi connectivity index (χ4n) is 5.21. The van der Waals surface area contributed by atoms with E-state index in [-0.39, 0.29) is 13.2 Å². The average Bonchev–Trinajstić information content (AvgIpc) is 3.07. The van der Waals surface area contributed by atoms with Crippen molar-refractivity contribution in [2.75, 3.05) is 13.2 Å². The number of carbonyl (C=O) groups is 1. The van der Waals surface area contributed by atoms with Crippen LogP contribution in [0.4, 0.5) is 0 Å². The summed E-state index contributed by atoms with van der Waals surface area (Å²) < 4.78 is 32.7. The molecule has 1 heterocycles. The van der Waals surface area contributed by atoms with Gasteiger partial charge in [-0.2, -0.15) is 0 Å². The first-order valence-corrected chi connectivity index (χ1v) is 14.7. The van der Waals surface area contributed by atoms with Crippen molar-refractivity contribution in [2.24, 2.45) is 0 Å². The van der Waals surface area contributed by atoms with Gasteiger partial charge in [-0.05, 0) is 22.3 Å². The molecule has 5 rings (SSSR count). The van der Waals surface area contributed by atoms with Crippen LogP contribution in [-0.2, 0) is 54.9 Å². The number of ether oxygens (including phenoxy) is 5. The Labute approximate surface area is 253 Å². The molecule has 7 heteroatoms. The molecule has 0 bridgehead atoms. The Bertz CT molecular complexity index is 1330. The van der Waals surface area contributed by atoms with E-state index in [1.165, 1.54) is 0 Å². The van der Waals surface area contributed by atoms with E-state index >= 15 is 0 Å². The predicted molar refractivity (Wildman–Crippen MR) is 164 cm³/mol. The zero-order valence-corrected chi connectivity index (χ0v) is 24.2. The van der Waals surface area contributed by atoms with Crippen molar-refractivity contribution >= 4 is 6.41 Å². The van der Waals surface area contributed by atoms with E-state index in [4.69, 9.17) is 23.7 Å². The number of nitrogens with one attached hydrogen (secondary N) is 1. The van der Waals surface area contributed by atoms with Crippen LogP contribution in [0.2, 0.25) is 0 Å². The molecule has 1 fully saturated rings. The molecule has 0 spiro atoms. The molecule has 224 valence electrons. The summed E-state index contributed by atoms with van der Waals surface area (Å²) in [5, 5.41) is 2.79. The van der Waals surface area contributed by atoms with Crippen molar-refractivity contribution in [1.29, 1.82) is 0 Å². The van der Waals surface area contributed by atoms with Crippen molar-refractivity contribution in [3.8, 4) is 0 Å². The van der Waals surface area contributed by atoms with E-state index in [1.807, 2.05) is 121 Å². The van der Waals surface area contributed by atoms with Gasteiger partial charge in [0, 0.05) is 6.54 Å². The Kier molecular flexibility index (Phi) is 11.9. The van der Waals surface area contributed by atoms with Crippen LogP contribution in [0, 0.1) is 0 Å². The highest BCUT2D eigenvalue weighted by molar-refractivity contribution is 5.45. The van der Waals surface area contributed by atoms with E-state index in [9.17, 15) is 4.79 Å². The molecule has 4 aromatic carbocycles. The molecule has 1 amide bonds. The zero-order valence-electron chi connectivity index (χ0n) is 24.2. The first-order valence-electron chi connectivity index (χ1n) is 14.7. The van der Waals surface area contributed by atoms with Gasteiger partial charge < -0.3 is 29.0 Å². The van der Waals surface area contributed by atoms with E-state index in [2.05, 4.69) is 5.32 Å². The minimum absolute atomic E-state index is 0.259. The normalized spacial score (nSPS) is 21.7. The lowest BCUT2D eigenvalue weighted by molar-refractivity contribution is -0.271. The maximum absolute atomic E-state index is 11.4. The maximum Gasteiger partial charge on any atom is 0.207 e. The van der Waals surface area contributed by atoms with Gasteiger partial charge in [0.2, 0.25) is 6.41 Å². The maximum atomic E-state index is 11.4. The summed E-state index contributed by atoms with van der Waals surface area (Å²) in [6.07, 6.45) is -1.82. The second kappa shape index (κ2) is 16.7. The van der Waals surface area contributed by atoms with Crippen molar-refractivity contribution in [3.63, 3.8) is 0 Å². The van der Waals surface area contributed by atoms with Crippen LogP contribution < -0.4 is 5.32 Å². The number of benzene rings is 4. The summed E-state index contributed by atoms with van der Waals surface area (Å²) >= 11 is 0. The van der Waals surface area contributed by atoms with Crippen LogP contribution in [0.25, 0.3) is 0 Å². The third-order valence-corrected chi connectivity index (χ3v) is 7.38. The summed E-state index contributed by atoms with van der Waals surface area (Å²) in [4.78, 5) is 11.4. The second-order valence-electron chi connectivity index (χ2n) is 10.5. The predicted octanol–water partition coefficient (Wildman–Crippen LogP) is 5.47. The van der Waals surface area contributed by atoms with Gasteiger partial charge >= 0.3 is 0 Å². The lowest BCUT2D eigenvalue weighted by Crippen LogP contribution is -2.63. The third kappa shape index (κ3) is 9.32. The zero-order chi connectivity index (χ0) is 29.5. The molecule has 1 aliphatic rings. The van der Waals surface area contributed by atoms with Crippen LogP contribution in [0.3, 0.4) is 0 Å². The number of hydrogen-bond donors (Lipinski definition) is 1. The van der Waals surface area contributed by atoms with Gasteiger partial charge in [0.05, 0.1) is 33.0 Å². The first-order chi connectivity index (χ1) is 21.3. The monoisotopic (exact) mass is 581 g/mol. The molecular formula is C36H39NO6. The van der Waals surface area contributed by atoms with Gasteiger partial charge in [0.1, 0.15) is 30.5 Å². The van der Waals surface area contributed by atoms with Gasteiger partial charge in [0.25, 0.3) is 0 Å². The highest BCUT2D eigenvalue weighted by atomic mass is 16.6. The fraction of sp³-hybridized carbons (Fsp3) is 0.306. The summed E-state index contributed by atoms with van der Waals surface area (Å²) in [5.74, 6) is 0. The summed E-state index contributed by atoms with van der Waals surface area (Å²) in [7, 11) is 0. The Hall–Kier alpha value is -3.85. The highest BCUT2D eigenvalue weighted by Crippen LogP contribution is 2.31. The lowest BCUT2D eigenvalue weighted by Gasteiger charge is -2.46. The summed E-state index contributed by atoms with van der Waals surface area (Å²) in [5.41, 5.74) is 4.18. The van der Waals surface area contributed by atoms with Gasteiger partial charge in [-0.3, -0.25) is 4.79 Å². The van der Waals surface area contributed by atoms with Crippen LogP contribution in [0.1, 0.15) is 22.3 Å². The van der Waals surface area contributed by atoms with Gasteiger partial charge in [0.15, 0.2) is 0 Å². The molecule has 4 aromatic rings. The number of carbonyl (C=O) groups excluding carboxylic acids is 1. The Balaban J connectivity index is 1.41. The van der Waals surface area contributed by atoms with Crippen LogP contribution in [0.15, 0.2) is 121 Å². The van der Waals surface area contributed by atoms with Crippen molar-refractivity contribution in [1.82, 2.24) is 5.32 Å². The number of hydrogen-bond acceptors (Lipinski definition) is 6. The SMILES string of the molecule is O=CNC[C@@H]1O[C@H](COCc2ccccc2)[C@@H](OCc2ccccc2)[C@H](OCc2ccccc2)[C@H]1OCc1ccccc1. The molecule has 5 atom stereocenters. The van der Waals surface area contributed by atoms with Crippen molar-refractivity contribution < 1.29 is 28.5 Å². The molecule has 0 radical (unpaired) electrons. The minimum atomic E-state index is -0.525. The number of amides is 1. The van der Waals surface area contributed by atoms with Crippen LogP contribution in [0.5, 0.6) is 0 Å². The smallest absolute Gasteiger partial charge is 0.207 e. The molecule has 1 aliphatic heterocycles. The molecule has 7 nitrogen and oxygen atoms in total. The highest BCUT2D eigenvalue weighted by Gasteiger charge is 2.48. The Morgan fingerprint density at radius 2 is 0.930 bits per heavy atom. The van der Waals surface area contributed by atoms with Crippen molar-refractivity contribution in [2.45, 2.75) is 56.9 Å². The van der Waals surface area contributed by atoms with Crippen LogP contribution >= 0.6 is 0 Å². The summed E-state index contributed by atoms with van der Waals surface area (Å²) in [6, 6.07) is 40.1. The largest absolute Gasteiger partial charge is 0.374 e. The second-order valence-corrected chi connectivity index (χ2v) is 10.5. The van der Waals surface area contributed by atoms with Gasteiger partial charge in [-0.15, -0.1) is 0 Å². The number of rotatable bonds is 16. The molecule has 1 N–H and O–H groups in total. The topological polar surface area (TPSA) is 75.3 Å². The quantitative estimate of drug-likeness (QED) is 0.177. The van der Waals surface area contributed by atoms with E-state index in [0.29, 0.717) is 32.8 Å². The van der Waals surface area contributed by atoms with Gasteiger partial charge in [-0.1, -0.05) is 121 Å². The lowest BCUT2D eigenvalue weighted by atomic mass is 9.93. The molecule has 1 saturated heterocycles. The van der Waals surface area contributed by atoms with E-state index in [0.717, 1.165) is 22.3 Å². The molecular weight excluding hydrogens is 542 g/mol. The molecule has 0 unspecified atom stereocenters. The minimum Gasteiger partial charge on any atom is -0.374 e. The van der Waals surface area contributed by atoms with Crippen LogP contribution in [-0.4, -0.2) is 50.1 Å². The van der Waals surface area contributed by atoms with Gasteiger partial charge in [-0.25, -0.2) is 0 Å². The Morgan fingerprint density at radius 3 is 1.37 bits per heavy atom. The van der Waals surface area contributed by atoms with Crippen molar-refractivity contribution in [3.05, 3.63) is 144 Å². The Morgan fingerprint density at radius 1 is 0.535 bits per heavy atom. The summed E-state index contributed by atoms with van der Waals surface area (Å²) in [6.45, 7) is 2.08. The van der Waals surface area contributed by atoms with E-state index in [1.54, 1.807) is 0 Å².